The first-order chi connectivity index (χ1) is 8.76. The highest BCUT2D eigenvalue weighted by atomic mass is 16.5. The Morgan fingerprint density at radius 2 is 2.33 bits per heavy atom. The molecule has 1 atom stereocenters. The Kier molecular flexibility index (Phi) is 4.20. The molecule has 0 radical (unpaired) electrons. The standard InChI is InChI=1S/C14H19NO3/c1-3-18-14(16)9-15-12-8-7-11-10(12)5-4-6-13(11)17-2/h4-6,12,15H,3,7-9H2,1-2H3. The first kappa shape index (κ1) is 12.9. The van der Waals surface area contributed by atoms with E-state index in [9.17, 15) is 4.79 Å². The summed E-state index contributed by atoms with van der Waals surface area (Å²) < 4.78 is 10.3. The third-order valence-electron chi connectivity index (χ3n) is 3.25. The predicted octanol–water partition coefficient (Wildman–Crippen LogP) is 1.84. The van der Waals surface area contributed by atoms with E-state index in [1.165, 1.54) is 11.1 Å². The smallest absolute Gasteiger partial charge is 0.319 e. The molecule has 0 heterocycles. The molecule has 0 saturated carbocycles. The van der Waals surface area contributed by atoms with Crippen LogP contribution in [0.3, 0.4) is 0 Å². The molecule has 1 aromatic carbocycles. The Balaban J connectivity index is 2.01. The number of ether oxygens (including phenoxy) is 2. The minimum absolute atomic E-state index is 0.200. The fourth-order valence-electron chi connectivity index (χ4n) is 2.44. The number of benzene rings is 1. The van der Waals surface area contributed by atoms with Gasteiger partial charge in [0.2, 0.25) is 0 Å². The number of hydrogen-bond acceptors (Lipinski definition) is 4. The molecule has 0 spiro atoms. The van der Waals surface area contributed by atoms with E-state index in [0.29, 0.717) is 6.61 Å². The van der Waals surface area contributed by atoms with Crippen molar-refractivity contribution in [2.45, 2.75) is 25.8 Å². The van der Waals surface area contributed by atoms with Gasteiger partial charge in [0.15, 0.2) is 0 Å². The van der Waals surface area contributed by atoms with Crippen molar-refractivity contribution in [1.82, 2.24) is 5.32 Å². The lowest BCUT2D eigenvalue weighted by atomic mass is 10.1. The molecule has 98 valence electrons. The van der Waals surface area contributed by atoms with Gasteiger partial charge in [0, 0.05) is 6.04 Å². The van der Waals surface area contributed by atoms with E-state index in [4.69, 9.17) is 9.47 Å². The molecule has 0 aromatic heterocycles. The average Bonchev–Trinajstić information content (AvgIpc) is 2.79. The summed E-state index contributed by atoms with van der Waals surface area (Å²) in [5.74, 6) is 0.738. The minimum Gasteiger partial charge on any atom is -0.496 e. The second kappa shape index (κ2) is 5.87. The molecule has 0 amide bonds. The average molecular weight is 249 g/mol. The Labute approximate surface area is 107 Å². The Bertz CT molecular complexity index is 431. The van der Waals surface area contributed by atoms with Crippen LogP contribution in [0.1, 0.15) is 30.5 Å². The molecule has 0 aliphatic heterocycles. The largest absolute Gasteiger partial charge is 0.496 e. The number of fused-ring (bicyclic) bond motifs is 1. The zero-order valence-electron chi connectivity index (χ0n) is 10.9. The van der Waals surface area contributed by atoms with Crippen molar-refractivity contribution in [3.8, 4) is 5.75 Å². The zero-order chi connectivity index (χ0) is 13.0. The molecule has 1 N–H and O–H groups in total. The lowest BCUT2D eigenvalue weighted by molar-refractivity contribution is -0.142. The van der Waals surface area contributed by atoms with Crippen LogP contribution in [-0.4, -0.2) is 26.2 Å². The van der Waals surface area contributed by atoms with Crippen LogP contribution in [0, 0.1) is 0 Å². The molecule has 18 heavy (non-hydrogen) atoms. The fraction of sp³-hybridized carbons (Fsp3) is 0.500. The number of rotatable bonds is 5. The van der Waals surface area contributed by atoms with Crippen LogP contribution in [0.4, 0.5) is 0 Å². The fourth-order valence-corrected chi connectivity index (χ4v) is 2.44. The van der Waals surface area contributed by atoms with Gasteiger partial charge in [0.25, 0.3) is 0 Å². The van der Waals surface area contributed by atoms with E-state index < -0.39 is 0 Å². The van der Waals surface area contributed by atoms with Crippen LogP contribution in [-0.2, 0) is 16.0 Å². The zero-order valence-corrected chi connectivity index (χ0v) is 10.9. The van der Waals surface area contributed by atoms with E-state index in [-0.39, 0.29) is 18.6 Å². The maximum absolute atomic E-state index is 11.3. The molecule has 1 aliphatic carbocycles. The van der Waals surface area contributed by atoms with Gasteiger partial charge in [-0.05, 0) is 37.0 Å². The van der Waals surface area contributed by atoms with Crippen LogP contribution in [0.2, 0.25) is 0 Å². The second-order valence-corrected chi connectivity index (χ2v) is 4.31. The minimum atomic E-state index is -0.200. The van der Waals surface area contributed by atoms with Gasteiger partial charge in [-0.1, -0.05) is 12.1 Å². The van der Waals surface area contributed by atoms with Gasteiger partial charge in [0.1, 0.15) is 5.75 Å². The number of methoxy groups -OCH3 is 1. The van der Waals surface area contributed by atoms with Gasteiger partial charge in [-0.25, -0.2) is 0 Å². The summed E-state index contributed by atoms with van der Waals surface area (Å²) in [7, 11) is 1.69. The van der Waals surface area contributed by atoms with Gasteiger partial charge in [-0.2, -0.15) is 0 Å². The molecular weight excluding hydrogens is 230 g/mol. The quantitative estimate of drug-likeness (QED) is 0.809. The molecule has 0 bridgehead atoms. The van der Waals surface area contributed by atoms with Crippen molar-refractivity contribution in [3.63, 3.8) is 0 Å². The first-order valence-electron chi connectivity index (χ1n) is 6.31. The maximum atomic E-state index is 11.3. The Morgan fingerprint density at radius 1 is 1.50 bits per heavy atom. The molecular formula is C14H19NO3. The summed E-state index contributed by atoms with van der Waals surface area (Å²) >= 11 is 0. The highest BCUT2D eigenvalue weighted by molar-refractivity contribution is 5.71. The van der Waals surface area contributed by atoms with E-state index in [2.05, 4.69) is 11.4 Å². The van der Waals surface area contributed by atoms with Gasteiger partial charge >= 0.3 is 5.97 Å². The van der Waals surface area contributed by atoms with Gasteiger partial charge in [0.05, 0.1) is 20.3 Å². The Hall–Kier alpha value is -1.55. The van der Waals surface area contributed by atoms with Crippen molar-refractivity contribution in [3.05, 3.63) is 29.3 Å². The SMILES string of the molecule is CCOC(=O)CNC1CCc2c(OC)cccc21. The molecule has 1 aromatic rings. The maximum Gasteiger partial charge on any atom is 0.319 e. The topological polar surface area (TPSA) is 47.6 Å². The van der Waals surface area contributed by atoms with Crippen LogP contribution in [0.25, 0.3) is 0 Å². The third kappa shape index (κ3) is 2.64. The molecule has 1 unspecified atom stereocenters. The molecule has 4 nitrogen and oxygen atoms in total. The van der Waals surface area contributed by atoms with Crippen molar-refractivity contribution >= 4 is 5.97 Å². The lowest BCUT2D eigenvalue weighted by Gasteiger charge is -2.14. The van der Waals surface area contributed by atoms with Crippen molar-refractivity contribution in [2.24, 2.45) is 0 Å². The van der Waals surface area contributed by atoms with E-state index in [1.807, 2.05) is 19.1 Å². The number of nitrogens with one attached hydrogen (secondary N) is 1. The second-order valence-electron chi connectivity index (χ2n) is 4.31. The molecule has 1 aliphatic rings. The van der Waals surface area contributed by atoms with Crippen LogP contribution >= 0.6 is 0 Å². The van der Waals surface area contributed by atoms with Crippen LogP contribution in [0.5, 0.6) is 5.75 Å². The van der Waals surface area contributed by atoms with Crippen LogP contribution < -0.4 is 10.1 Å². The van der Waals surface area contributed by atoms with Gasteiger partial charge in [-0.15, -0.1) is 0 Å². The first-order valence-corrected chi connectivity index (χ1v) is 6.31. The number of carbonyl (C=O) groups excluding carboxylic acids is 1. The normalized spacial score (nSPS) is 17.3. The van der Waals surface area contributed by atoms with Gasteiger partial charge in [-0.3, -0.25) is 4.79 Å². The summed E-state index contributed by atoms with van der Waals surface area (Å²) in [6, 6.07) is 6.28. The predicted molar refractivity (Wildman–Crippen MR) is 68.7 cm³/mol. The van der Waals surface area contributed by atoms with E-state index in [0.717, 1.165) is 18.6 Å². The van der Waals surface area contributed by atoms with Gasteiger partial charge < -0.3 is 14.8 Å². The van der Waals surface area contributed by atoms with Crippen molar-refractivity contribution in [1.29, 1.82) is 0 Å². The summed E-state index contributed by atoms with van der Waals surface area (Å²) in [6.45, 7) is 2.50. The molecule has 0 fully saturated rings. The summed E-state index contributed by atoms with van der Waals surface area (Å²) in [6.07, 6.45) is 1.98. The number of carbonyl (C=O) groups is 1. The monoisotopic (exact) mass is 249 g/mol. The molecule has 4 heteroatoms. The number of esters is 1. The summed E-state index contributed by atoms with van der Waals surface area (Å²) in [5.41, 5.74) is 2.49. The third-order valence-corrected chi connectivity index (χ3v) is 3.25. The summed E-state index contributed by atoms with van der Waals surface area (Å²) in [5, 5.41) is 3.24. The lowest BCUT2D eigenvalue weighted by Crippen LogP contribution is -2.27. The molecule has 2 rings (SSSR count). The van der Waals surface area contributed by atoms with Crippen molar-refractivity contribution in [2.75, 3.05) is 20.3 Å². The number of hydrogen-bond donors (Lipinski definition) is 1. The van der Waals surface area contributed by atoms with E-state index >= 15 is 0 Å². The highest BCUT2D eigenvalue weighted by Gasteiger charge is 2.25. The Morgan fingerprint density at radius 3 is 3.06 bits per heavy atom. The summed E-state index contributed by atoms with van der Waals surface area (Å²) in [4.78, 5) is 11.3. The highest BCUT2D eigenvalue weighted by Crippen LogP contribution is 2.36. The van der Waals surface area contributed by atoms with E-state index in [1.54, 1.807) is 7.11 Å². The molecule has 0 saturated heterocycles. The van der Waals surface area contributed by atoms with Crippen LogP contribution in [0.15, 0.2) is 18.2 Å². The van der Waals surface area contributed by atoms with Crippen molar-refractivity contribution < 1.29 is 14.3 Å².